The zero-order valence-corrected chi connectivity index (χ0v) is 14.1. The Bertz CT molecular complexity index is 570. The van der Waals surface area contributed by atoms with Gasteiger partial charge in [-0.2, -0.15) is 5.26 Å². The van der Waals surface area contributed by atoms with Crippen molar-refractivity contribution in [3.8, 4) is 6.07 Å². The second-order valence-electron chi connectivity index (χ2n) is 6.07. The fourth-order valence-electron chi connectivity index (χ4n) is 3.18. The summed E-state index contributed by atoms with van der Waals surface area (Å²) in [5.74, 6) is 0.0266. The molecule has 1 aliphatic heterocycles. The van der Waals surface area contributed by atoms with Gasteiger partial charge in [-0.3, -0.25) is 4.79 Å². The number of hydrogen-bond acceptors (Lipinski definition) is 6. The van der Waals surface area contributed by atoms with E-state index < -0.39 is 0 Å². The SMILES string of the molecule is N#C[C@@H]1CCCN1C(=O)CNCCNc1nc2c(s1)CCCC2. The van der Waals surface area contributed by atoms with E-state index in [1.165, 1.54) is 23.4 Å². The van der Waals surface area contributed by atoms with Crippen molar-refractivity contribution in [3.63, 3.8) is 0 Å². The molecule has 2 N–H and O–H groups in total. The minimum Gasteiger partial charge on any atom is -0.360 e. The van der Waals surface area contributed by atoms with Gasteiger partial charge in [-0.25, -0.2) is 4.98 Å². The smallest absolute Gasteiger partial charge is 0.237 e. The third-order valence-electron chi connectivity index (χ3n) is 4.42. The molecule has 3 rings (SSSR count). The van der Waals surface area contributed by atoms with Crippen LogP contribution < -0.4 is 10.6 Å². The van der Waals surface area contributed by atoms with Gasteiger partial charge in [0.2, 0.25) is 5.91 Å². The number of aromatic nitrogens is 1. The number of rotatable bonds is 6. The molecule has 1 saturated heterocycles. The number of amides is 1. The number of aryl methyl sites for hydroxylation is 2. The summed E-state index contributed by atoms with van der Waals surface area (Å²) in [5.41, 5.74) is 1.27. The number of nitrogens with one attached hydrogen (secondary N) is 2. The highest BCUT2D eigenvalue weighted by molar-refractivity contribution is 7.15. The number of carbonyl (C=O) groups is 1. The Hall–Kier alpha value is -1.65. The van der Waals surface area contributed by atoms with Crippen molar-refractivity contribution in [1.82, 2.24) is 15.2 Å². The van der Waals surface area contributed by atoms with E-state index in [1.807, 2.05) is 0 Å². The van der Waals surface area contributed by atoms with Crippen LogP contribution in [-0.4, -0.2) is 48.0 Å². The molecule has 1 atom stereocenters. The molecular weight excluding hydrogens is 310 g/mol. The van der Waals surface area contributed by atoms with Crippen LogP contribution in [0.4, 0.5) is 5.13 Å². The molecule has 0 saturated carbocycles. The quantitative estimate of drug-likeness (QED) is 0.772. The van der Waals surface area contributed by atoms with Gasteiger partial charge in [-0.1, -0.05) is 0 Å². The Balaban J connectivity index is 1.35. The minimum atomic E-state index is -0.232. The van der Waals surface area contributed by atoms with Crippen molar-refractivity contribution in [2.75, 3.05) is 31.5 Å². The van der Waals surface area contributed by atoms with Crippen molar-refractivity contribution in [1.29, 1.82) is 5.26 Å². The molecule has 0 aromatic carbocycles. The van der Waals surface area contributed by atoms with E-state index in [4.69, 9.17) is 5.26 Å². The molecule has 1 aliphatic carbocycles. The molecule has 2 aliphatic rings. The summed E-state index contributed by atoms with van der Waals surface area (Å²) < 4.78 is 0. The molecule has 1 fully saturated rings. The zero-order valence-electron chi connectivity index (χ0n) is 13.3. The standard InChI is InChI=1S/C16H23N5OS/c17-10-12-4-3-9-21(12)15(22)11-18-7-8-19-16-20-13-5-1-2-6-14(13)23-16/h12,18H,1-9,11H2,(H,19,20)/t12-/m0/s1. The second-order valence-corrected chi connectivity index (χ2v) is 7.16. The summed E-state index contributed by atoms with van der Waals surface area (Å²) in [6.07, 6.45) is 6.53. The first-order valence-corrected chi connectivity index (χ1v) is 9.22. The molecule has 124 valence electrons. The number of thiazole rings is 1. The predicted octanol–water partition coefficient (Wildman–Crippen LogP) is 1.54. The van der Waals surface area contributed by atoms with E-state index in [2.05, 4.69) is 21.7 Å². The molecule has 0 radical (unpaired) electrons. The van der Waals surface area contributed by atoms with Crippen LogP contribution in [0.3, 0.4) is 0 Å². The molecule has 1 amide bonds. The lowest BCUT2D eigenvalue weighted by atomic mass is 10.0. The van der Waals surface area contributed by atoms with Crippen LogP contribution in [0.2, 0.25) is 0 Å². The zero-order chi connectivity index (χ0) is 16.1. The van der Waals surface area contributed by atoms with Gasteiger partial charge in [0, 0.05) is 24.5 Å². The maximum absolute atomic E-state index is 12.1. The average molecular weight is 333 g/mol. The van der Waals surface area contributed by atoms with Gasteiger partial charge in [-0.15, -0.1) is 11.3 Å². The second kappa shape index (κ2) is 7.75. The Kier molecular flexibility index (Phi) is 5.47. The Morgan fingerprint density at radius 1 is 1.35 bits per heavy atom. The number of hydrogen-bond donors (Lipinski definition) is 2. The molecule has 23 heavy (non-hydrogen) atoms. The fourth-order valence-corrected chi connectivity index (χ4v) is 4.26. The lowest BCUT2D eigenvalue weighted by Gasteiger charge is -2.19. The molecular formula is C16H23N5OS. The normalized spacial score (nSPS) is 20.1. The molecule has 7 heteroatoms. The first kappa shape index (κ1) is 16.2. The lowest BCUT2D eigenvalue weighted by Crippen LogP contribution is -2.41. The van der Waals surface area contributed by atoms with Crippen molar-refractivity contribution in [2.24, 2.45) is 0 Å². The highest BCUT2D eigenvalue weighted by Gasteiger charge is 2.27. The van der Waals surface area contributed by atoms with Gasteiger partial charge in [0.25, 0.3) is 0 Å². The van der Waals surface area contributed by atoms with E-state index in [0.29, 0.717) is 19.6 Å². The average Bonchev–Trinajstić information content (AvgIpc) is 3.20. The Morgan fingerprint density at radius 3 is 3.04 bits per heavy atom. The van der Waals surface area contributed by atoms with Gasteiger partial charge in [-0.05, 0) is 38.5 Å². The van der Waals surface area contributed by atoms with Crippen LogP contribution in [0, 0.1) is 11.3 Å². The van der Waals surface area contributed by atoms with E-state index in [-0.39, 0.29) is 11.9 Å². The maximum Gasteiger partial charge on any atom is 0.237 e. The van der Waals surface area contributed by atoms with E-state index in [1.54, 1.807) is 16.2 Å². The molecule has 0 spiro atoms. The van der Waals surface area contributed by atoms with Crippen molar-refractivity contribution in [2.45, 2.75) is 44.6 Å². The molecule has 0 unspecified atom stereocenters. The van der Waals surface area contributed by atoms with E-state index in [9.17, 15) is 4.79 Å². The summed E-state index contributed by atoms with van der Waals surface area (Å²) >= 11 is 1.76. The highest BCUT2D eigenvalue weighted by atomic mass is 32.1. The number of nitriles is 1. The van der Waals surface area contributed by atoms with Gasteiger partial charge < -0.3 is 15.5 Å². The summed E-state index contributed by atoms with van der Waals surface area (Å²) in [6, 6.07) is 1.97. The number of anilines is 1. The van der Waals surface area contributed by atoms with Crippen molar-refractivity contribution in [3.05, 3.63) is 10.6 Å². The van der Waals surface area contributed by atoms with Gasteiger partial charge >= 0.3 is 0 Å². The molecule has 2 heterocycles. The largest absolute Gasteiger partial charge is 0.360 e. The summed E-state index contributed by atoms with van der Waals surface area (Å²) in [7, 11) is 0. The summed E-state index contributed by atoms with van der Waals surface area (Å²) in [6.45, 7) is 2.47. The van der Waals surface area contributed by atoms with E-state index >= 15 is 0 Å². The van der Waals surface area contributed by atoms with Crippen LogP contribution in [-0.2, 0) is 17.6 Å². The number of likely N-dealkylation sites (tertiary alicyclic amines) is 1. The van der Waals surface area contributed by atoms with Gasteiger partial charge in [0.15, 0.2) is 5.13 Å². The van der Waals surface area contributed by atoms with Crippen LogP contribution in [0.5, 0.6) is 0 Å². The van der Waals surface area contributed by atoms with Crippen LogP contribution in [0.25, 0.3) is 0 Å². The van der Waals surface area contributed by atoms with Crippen LogP contribution in [0.15, 0.2) is 0 Å². The van der Waals surface area contributed by atoms with Crippen LogP contribution >= 0.6 is 11.3 Å². The third kappa shape index (κ3) is 4.01. The Labute approximate surface area is 140 Å². The number of fused-ring (bicyclic) bond motifs is 1. The maximum atomic E-state index is 12.1. The molecule has 6 nitrogen and oxygen atoms in total. The molecule has 1 aromatic heterocycles. The van der Waals surface area contributed by atoms with Crippen molar-refractivity contribution >= 4 is 22.4 Å². The minimum absolute atomic E-state index is 0.0266. The first-order chi connectivity index (χ1) is 11.3. The fraction of sp³-hybridized carbons (Fsp3) is 0.688. The predicted molar refractivity (Wildman–Crippen MR) is 90.5 cm³/mol. The number of nitrogens with zero attached hydrogens (tertiary/aromatic N) is 3. The van der Waals surface area contributed by atoms with E-state index in [0.717, 1.165) is 37.4 Å². The van der Waals surface area contributed by atoms with Gasteiger partial charge in [0.1, 0.15) is 6.04 Å². The number of carbonyl (C=O) groups excluding carboxylic acids is 1. The topological polar surface area (TPSA) is 81.0 Å². The molecule has 1 aromatic rings. The monoisotopic (exact) mass is 333 g/mol. The highest BCUT2D eigenvalue weighted by Crippen LogP contribution is 2.29. The molecule has 0 bridgehead atoms. The van der Waals surface area contributed by atoms with Crippen LogP contribution in [0.1, 0.15) is 36.3 Å². The van der Waals surface area contributed by atoms with Crippen molar-refractivity contribution < 1.29 is 4.79 Å². The Morgan fingerprint density at radius 2 is 2.22 bits per heavy atom. The summed E-state index contributed by atoms with van der Waals surface area (Å²) in [4.78, 5) is 19.8. The van der Waals surface area contributed by atoms with Gasteiger partial charge in [0.05, 0.1) is 18.3 Å². The first-order valence-electron chi connectivity index (χ1n) is 8.40. The lowest BCUT2D eigenvalue weighted by molar-refractivity contribution is -0.130. The summed E-state index contributed by atoms with van der Waals surface area (Å²) in [5, 5.41) is 16.5. The third-order valence-corrected chi connectivity index (χ3v) is 5.54.